The third kappa shape index (κ3) is 1.14. The van der Waals surface area contributed by atoms with Crippen LogP contribution in [0.3, 0.4) is 0 Å². The molecule has 3 heteroatoms. The summed E-state index contributed by atoms with van der Waals surface area (Å²) in [5, 5.41) is 4.04. The summed E-state index contributed by atoms with van der Waals surface area (Å²) in [5.74, 6) is 0.897. The number of rotatable bonds is 3. The third-order valence-electron chi connectivity index (χ3n) is 2.65. The highest BCUT2D eigenvalue weighted by Gasteiger charge is 2.45. The molecular weight excluding hydrogens is 152 g/mol. The normalized spacial score (nSPS) is 19.5. The smallest absolute Gasteiger partial charge is 0.133 e. The average Bonchev–Trinajstić information content (AvgIpc) is 2.69. The van der Waals surface area contributed by atoms with Crippen LogP contribution in [0.5, 0.6) is 0 Å². The van der Waals surface area contributed by atoms with Crippen LogP contribution in [0.15, 0.2) is 10.6 Å². The largest absolute Gasteiger partial charge is 0.361 e. The molecule has 12 heavy (non-hydrogen) atoms. The molecule has 1 aromatic rings. The Morgan fingerprint density at radius 1 is 1.67 bits per heavy atom. The molecule has 3 nitrogen and oxygen atoms in total. The molecule has 1 aromatic heterocycles. The highest BCUT2D eigenvalue weighted by molar-refractivity contribution is 5.24. The number of hydrogen-bond donors (Lipinski definition) is 1. The summed E-state index contributed by atoms with van der Waals surface area (Å²) in [4.78, 5) is 0. The molecule has 0 unspecified atom stereocenters. The molecule has 0 atom stereocenters. The molecular formula is C9H14N2O. The average molecular weight is 166 g/mol. The van der Waals surface area contributed by atoms with E-state index >= 15 is 0 Å². The van der Waals surface area contributed by atoms with Gasteiger partial charge in [0, 0.05) is 11.5 Å². The predicted octanol–water partition coefficient (Wildman–Crippen LogP) is 1.36. The maximum Gasteiger partial charge on any atom is 0.133 e. The van der Waals surface area contributed by atoms with Crippen LogP contribution < -0.4 is 5.73 Å². The van der Waals surface area contributed by atoms with E-state index in [2.05, 4.69) is 5.16 Å². The minimum atomic E-state index is 0.284. The van der Waals surface area contributed by atoms with Crippen LogP contribution in [0.1, 0.15) is 30.7 Å². The van der Waals surface area contributed by atoms with Gasteiger partial charge in [-0.1, -0.05) is 5.16 Å². The van der Waals surface area contributed by atoms with E-state index in [0.29, 0.717) is 0 Å². The highest BCUT2D eigenvalue weighted by Crippen LogP contribution is 2.50. The number of nitrogens with zero attached hydrogens (tertiary/aromatic N) is 1. The first-order chi connectivity index (χ1) is 5.77. The summed E-state index contributed by atoms with van der Waals surface area (Å²) in [6.45, 7) is 2.67. The van der Waals surface area contributed by atoms with Crippen LogP contribution >= 0.6 is 0 Å². The molecule has 1 fully saturated rings. The number of aromatic nitrogens is 1. The van der Waals surface area contributed by atoms with E-state index in [-0.39, 0.29) is 5.41 Å². The lowest BCUT2D eigenvalue weighted by molar-refractivity contribution is 0.381. The summed E-state index contributed by atoms with van der Waals surface area (Å²) in [7, 11) is 0. The minimum absolute atomic E-state index is 0.284. The molecule has 0 amide bonds. The fourth-order valence-corrected chi connectivity index (χ4v) is 1.68. The standard InChI is InChI=1S/C9H14N2O/c1-7-6-8(11-12-7)9(2-3-9)4-5-10/h6H,2-5,10H2,1H3. The van der Waals surface area contributed by atoms with Gasteiger partial charge in [-0.15, -0.1) is 0 Å². The van der Waals surface area contributed by atoms with Crippen molar-refractivity contribution in [2.24, 2.45) is 5.73 Å². The third-order valence-corrected chi connectivity index (χ3v) is 2.65. The predicted molar refractivity (Wildman–Crippen MR) is 45.8 cm³/mol. The molecule has 1 saturated carbocycles. The van der Waals surface area contributed by atoms with E-state index in [1.807, 2.05) is 13.0 Å². The Kier molecular flexibility index (Phi) is 1.68. The molecule has 1 heterocycles. The van der Waals surface area contributed by atoms with Crippen molar-refractivity contribution < 1.29 is 4.52 Å². The monoisotopic (exact) mass is 166 g/mol. The molecule has 1 aliphatic rings. The van der Waals surface area contributed by atoms with Crippen molar-refractivity contribution in [3.8, 4) is 0 Å². The van der Waals surface area contributed by atoms with E-state index in [4.69, 9.17) is 10.3 Å². The van der Waals surface area contributed by atoms with Crippen LogP contribution in [0, 0.1) is 6.92 Å². The van der Waals surface area contributed by atoms with Crippen LogP contribution in [0.4, 0.5) is 0 Å². The molecule has 2 rings (SSSR count). The van der Waals surface area contributed by atoms with Crippen LogP contribution in [0.25, 0.3) is 0 Å². The van der Waals surface area contributed by atoms with E-state index < -0.39 is 0 Å². The van der Waals surface area contributed by atoms with E-state index in [9.17, 15) is 0 Å². The number of nitrogens with two attached hydrogens (primary N) is 1. The first-order valence-electron chi connectivity index (χ1n) is 4.41. The van der Waals surface area contributed by atoms with Gasteiger partial charge in [-0.3, -0.25) is 0 Å². The fraction of sp³-hybridized carbons (Fsp3) is 0.667. The molecule has 0 bridgehead atoms. The van der Waals surface area contributed by atoms with Gasteiger partial charge in [0.2, 0.25) is 0 Å². The van der Waals surface area contributed by atoms with E-state index in [0.717, 1.165) is 24.4 Å². The zero-order valence-corrected chi connectivity index (χ0v) is 7.34. The second-order valence-corrected chi connectivity index (χ2v) is 3.64. The molecule has 0 aromatic carbocycles. The van der Waals surface area contributed by atoms with Gasteiger partial charge in [0.25, 0.3) is 0 Å². The molecule has 0 spiro atoms. The van der Waals surface area contributed by atoms with Crippen molar-refractivity contribution in [2.45, 2.75) is 31.6 Å². The summed E-state index contributed by atoms with van der Waals surface area (Å²) in [5.41, 5.74) is 6.93. The second kappa shape index (κ2) is 2.59. The van der Waals surface area contributed by atoms with Gasteiger partial charge in [-0.2, -0.15) is 0 Å². The lowest BCUT2D eigenvalue weighted by Crippen LogP contribution is -2.13. The Morgan fingerprint density at radius 2 is 2.42 bits per heavy atom. The molecule has 0 radical (unpaired) electrons. The molecule has 1 aliphatic carbocycles. The molecule has 66 valence electrons. The summed E-state index contributed by atoms with van der Waals surface area (Å²) >= 11 is 0. The Hall–Kier alpha value is -0.830. The highest BCUT2D eigenvalue weighted by atomic mass is 16.5. The summed E-state index contributed by atoms with van der Waals surface area (Å²) in [6, 6.07) is 2.03. The SMILES string of the molecule is Cc1cc(C2(CCN)CC2)no1. The van der Waals surface area contributed by atoms with Crippen molar-refractivity contribution >= 4 is 0 Å². The minimum Gasteiger partial charge on any atom is -0.361 e. The Labute approximate surface area is 71.9 Å². The fourth-order valence-electron chi connectivity index (χ4n) is 1.68. The Bertz CT molecular complexity index is 276. The lowest BCUT2D eigenvalue weighted by atomic mass is 9.98. The molecule has 0 aliphatic heterocycles. The van der Waals surface area contributed by atoms with Crippen molar-refractivity contribution in [3.05, 3.63) is 17.5 Å². The molecule has 2 N–H and O–H groups in total. The number of aryl methyl sites for hydroxylation is 1. The van der Waals surface area contributed by atoms with Crippen molar-refractivity contribution in [1.29, 1.82) is 0 Å². The summed E-state index contributed by atoms with van der Waals surface area (Å²) < 4.78 is 5.05. The Balaban J connectivity index is 2.18. The van der Waals surface area contributed by atoms with Crippen molar-refractivity contribution in [3.63, 3.8) is 0 Å². The van der Waals surface area contributed by atoms with Crippen LogP contribution in [0.2, 0.25) is 0 Å². The van der Waals surface area contributed by atoms with Gasteiger partial charge in [0.1, 0.15) is 5.76 Å². The molecule has 0 saturated heterocycles. The summed E-state index contributed by atoms with van der Waals surface area (Å²) in [6.07, 6.45) is 3.48. The van der Waals surface area contributed by atoms with Gasteiger partial charge in [-0.05, 0) is 32.7 Å². The maximum atomic E-state index is 5.54. The van der Waals surface area contributed by atoms with Gasteiger partial charge in [0.15, 0.2) is 0 Å². The number of hydrogen-bond acceptors (Lipinski definition) is 3. The van der Waals surface area contributed by atoms with Gasteiger partial charge >= 0.3 is 0 Å². The van der Waals surface area contributed by atoms with Crippen LogP contribution in [-0.4, -0.2) is 11.7 Å². The topological polar surface area (TPSA) is 52.0 Å². The maximum absolute atomic E-state index is 5.54. The van der Waals surface area contributed by atoms with Crippen molar-refractivity contribution in [2.75, 3.05) is 6.54 Å². The second-order valence-electron chi connectivity index (χ2n) is 3.64. The quantitative estimate of drug-likeness (QED) is 0.737. The van der Waals surface area contributed by atoms with Crippen molar-refractivity contribution in [1.82, 2.24) is 5.16 Å². The Morgan fingerprint density at radius 3 is 2.83 bits per heavy atom. The van der Waals surface area contributed by atoms with E-state index in [1.54, 1.807) is 0 Å². The zero-order valence-electron chi connectivity index (χ0n) is 7.34. The lowest BCUT2D eigenvalue weighted by Gasteiger charge is -2.07. The zero-order chi connectivity index (χ0) is 8.60. The van der Waals surface area contributed by atoms with Gasteiger partial charge < -0.3 is 10.3 Å². The van der Waals surface area contributed by atoms with Gasteiger partial charge in [-0.25, -0.2) is 0 Å². The van der Waals surface area contributed by atoms with Crippen LogP contribution in [-0.2, 0) is 5.41 Å². The first-order valence-corrected chi connectivity index (χ1v) is 4.41. The first kappa shape index (κ1) is 7.80. The van der Waals surface area contributed by atoms with Gasteiger partial charge in [0.05, 0.1) is 5.69 Å². The van der Waals surface area contributed by atoms with E-state index in [1.165, 1.54) is 12.8 Å².